The van der Waals surface area contributed by atoms with Crippen LogP contribution in [0.1, 0.15) is 110 Å². The Bertz CT molecular complexity index is 2490. The molecule has 62 heavy (non-hydrogen) atoms. The summed E-state index contributed by atoms with van der Waals surface area (Å²) in [6.45, 7) is 32.4. The Morgan fingerprint density at radius 2 is 0.694 bits per heavy atom. The minimum absolute atomic E-state index is 0.0268. The molecule has 2 aliphatic rings. The summed E-state index contributed by atoms with van der Waals surface area (Å²) in [5, 5.41) is 0. The highest BCUT2D eigenvalue weighted by Crippen LogP contribution is 2.64. The summed E-state index contributed by atoms with van der Waals surface area (Å²) in [7, 11) is 0. The maximum Gasteiger partial charge on any atom is 0.182 e. The van der Waals surface area contributed by atoms with Crippen molar-refractivity contribution in [2.24, 2.45) is 11.8 Å². The largest absolute Gasteiger partial charge is 0.349 e. The van der Waals surface area contributed by atoms with Gasteiger partial charge in [0.25, 0.3) is 0 Å². The number of benzene rings is 6. The van der Waals surface area contributed by atoms with Crippen molar-refractivity contribution in [3.63, 3.8) is 0 Å². The molecular formula is C60H68O2. The van der Waals surface area contributed by atoms with Gasteiger partial charge in [0.15, 0.2) is 5.79 Å². The van der Waals surface area contributed by atoms with Crippen molar-refractivity contribution in [2.45, 2.75) is 121 Å². The summed E-state index contributed by atoms with van der Waals surface area (Å²) in [4.78, 5) is 0. The lowest BCUT2D eigenvalue weighted by Crippen LogP contribution is -2.45. The number of hydrogen-bond donors (Lipinski definition) is 0. The second-order valence-corrected chi connectivity index (χ2v) is 19.2. The van der Waals surface area contributed by atoms with Gasteiger partial charge in [-0.1, -0.05) is 107 Å². The first-order valence-electron chi connectivity index (χ1n) is 23.1. The predicted octanol–water partition coefficient (Wildman–Crippen LogP) is 15.9. The van der Waals surface area contributed by atoms with Gasteiger partial charge in [-0.2, -0.15) is 0 Å². The Balaban J connectivity index is 1.43. The van der Waals surface area contributed by atoms with Gasteiger partial charge in [-0.05, 0) is 227 Å². The Morgan fingerprint density at radius 3 is 0.984 bits per heavy atom. The van der Waals surface area contributed by atoms with E-state index in [-0.39, 0.29) is 17.8 Å². The van der Waals surface area contributed by atoms with E-state index in [2.05, 4.69) is 194 Å². The molecule has 0 saturated heterocycles. The molecule has 4 unspecified atom stereocenters. The first-order valence-corrected chi connectivity index (χ1v) is 23.1. The van der Waals surface area contributed by atoms with Gasteiger partial charge in [0.1, 0.15) is 0 Å². The fourth-order valence-electron chi connectivity index (χ4n) is 12.7. The molecule has 0 N–H and O–H groups in total. The lowest BCUT2D eigenvalue weighted by molar-refractivity contribution is -0.250. The molecule has 4 atom stereocenters. The number of allylic oxidation sites excluding steroid dienone is 2. The van der Waals surface area contributed by atoms with Gasteiger partial charge < -0.3 is 9.47 Å². The normalized spacial score (nSPS) is 19.1. The van der Waals surface area contributed by atoms with Crippen LogP contribution < -0.4 is 0 Å². The summed E-state index contributed by atoms with van der Waals surface area (Å²) in [5.74, 6) is -0.483. The van der Waals surface area contributed by atoms with E-state index in [4.69, 9.17) is 9.47 Å². The van der Waals surface area contributed by atoms with E-state index in [0.29, 0.717) is 19.1 Å². The molecule has 0 amide bonds. The van der Waals surface area contributed by atoms with Crippen molar-refractivity contribution in [2.75, 3.05) is 13.2 Å². The van der Waals surface area contributed by atoms with Gasteiger partial charge in [0, 0.05) is 25.0 Å². The van der Waals surface area contributed by atoms with Crippen molar-refractivity contribution in [3.05, 3.63) is 175 Å². The molecular weight excluding hydrogens is 753 g/mol. The zero-order chi connectivity index (χ0) is 44.4. The van der Waals surface area contributed by atoms with E-state index < -0.39 is 5.79 Å². The highest BCUT2D eigenvalue weighted by molar-refractivity contribution is 5.82. The predicted molar refractivity (Wildman–Crippen MR) is 264 cm³/mol. The fraction of sp³-hybridized carbons (Fsp3) is 0.367. The van der Waals surface area contributed by atoms with E-state index >= 15 is 0 Å². The van der Waals surface area contributed by atoms with Crippen LogP contribution in [0.25, 0.3) is 44.5 Å². The first-order chi connectivity index (χ1) is 29.5. The van der Waals surface area contributed by atoms with E-state index in [9.17, 15) is 0 Å². The van der Waals surface area contributed by atoms with Crippen LogP contribution in [-0.2, 0) is 9.47 Å². The molecule has 1 saturated carbocycles. The van der Waals surface area contributed by atoms with Crippen LogP contribution in [0.15, 0.2) is 97.1 Å². The van der Waals surface area contributed by atoms with Gasteiger partial charge in [-0.15, -0.1) is 0 Å². The van der Waals surface area contributed by atoms with Crippen LogP contribution in [0, 0.1) is 94.9 Å². The second kappa shape index (κ2) is 16.9. The van der Waals surface area contributed by atoms with E-state index in [1.807, 2.05) is 0 Å². The van der Waals surface area contributed by atoms with E-state index in [1.165, 1.54) is 122 Å². The molecule has 2 nitrogen and oxygen atoms in total. The van der Waals surface area contributed by atoms with Gasteiger partial charge in [0.05, 0.1) is 0 Å². The topological polar surface area (TPSA) is 18.5 Å². The van der Waals surface area contributed by atoms with Crippen molar-refractivity contribution in [1.29, 1.82) is 0 Å². The zero-order valence-electron chi connectivity index (χ0n) is 40.0. The Labute approximate surface area is 373 Å². The van der Waals surface area contributed by atoms with Crippen molar-refractivity contribution < 1.29 is 9.47 Å². The molecule has 0 aliphatic heterocycles. The third kappa shape index (κ3) is 7.62. The molecule has 0 radical (unpaired) electrons. The van der Waals surface area contributed by atoms with E-state index in [1.54, 1.807) is 0 Å². The maximum atomic E-state index is 7.38. The SMILES string of the molecule is CCOC1(OCC)C(c2cc(-c3c(C)cc(C)cc3C)cc(-c3c(C)cc(C)cc3C)c2)C2C=CCC2C1c1cc(-c2c(C)cc(C)cc2C)cc(-c2c(C)cc(C)cc2C)c1. The Morgan fingerprint density at radius 1 is 0.403 bits per heavy atom. The quantitative estimate of drug-likeness (QED) is 0.101. The number of hydrogen-bond acceptors (Lipinski definition) is 2. The summed E-state index contributed by atoms with van der Waals surface area (Å²) in [6.07, 6.45) is 5.93. The molecule has 0 heterocycles. The third-order valence-corrected chi connectivity index (χ3v) is 14.2. The molecule has 1 fully saturated rings. The Kier molecular flexibility index (Phi) is 11.9. The molecule has 2 heteroatoms. The number of rotatable bonds is 10. The minimum atomic E-state index is -0.918. The molecule has 8 rings (SSSR count). The summed E-state index contributed by atoms with van der Waals surface area (Å²) < 4.78 is 14.8. The number of fused-ring (bicyclic) bond motifs is 1. The molecule has 0 bridgehead atoms. The minimum Gasteiger partial charge on any atom is -0.349 e. The van der Waals surface area contributed by atoms with Gasteiger partial charge in [-0.25, -0.2) is 0 Å². The highest BCUT2D eigenvalue weighted by atomic mass is 16.7. The average molecular weight is 821 g/mol. The lowest BCUT2D eigenvalue weighted by atomic mass is 9.78. The van der Waals surface area contributed by atoms with Crippen LogP contribution >= 0.6 is 0 Å². The van der Waals surface area contributed by atoms with Crippen molar-refractivity contribution in [1.82, 2.24) is 0 Å². The van der Waals surface area contributed by atoms with Crippen LogP contribution in [0.3, 0.4) is 0 Å². The van der Waals surface area contributed by atoms with Crippen molar-refractivity contribution >= 4 is 0 Å². The molecule has 0 aromatic heterocycles. The Hall–Kier alpha value is -5.02. The fourth-order valence-corrected chi connectivity index (χ4v) is 12.7. The lowest BCUT2D eigenvalue weighted by Gasteiger charge is -2.42. The van der Waals surface area contributed by atoms with Gasteiger partial charge in [-0.3, -0.25) is 0 Å². The number of ether oxygens (including phenoxy) is 2. The summed E-state index contributed by atoms with van der Waals surface area (Å²) >= 11 is 0. The average Bonchev–Trinajstić information content (AvgIpc) is 3.71. The van der Waals surface area contributed by atoms with Crippen LogP contribution in [0.4, 0.5) is 0 Å². The van der Waals surface area contributed by atoms with Crippen LogP contribution in [-0.4, -0.2) is 19.0 Å². The molecule has 2 aliphatic carbocycles. The van der Waals surface area contributed by atoms with Crippen LogP contribution in [0.2, 0.25) is 0 Å². The monoisotopic (exact) mass is 821 g/mol. The summed E-state index contributed by atoms with van der Waals surface area (Å²) in [5.41, 5.74) is 28.5. The third-order valence-electron chi connectivity index (χ3n) is 14.2. The molecule has 0 spiro atoms. The standard InChI is InChI=1S/C60H68O2/c1-15-61-60(62-16-2)58(50-30-46(54-38(7)20-34(3)21-39(54)8)28-47(31-50)55-40(9)22-35(4)23-41(55)10)52-18-17-19-53(52)59(60)51-32-48(56-42(11)24-36(5)25-43(56)12)29-49(33-51)57-44(13)26-37(6)27-45(57)14/h17-18,20-33,52-53,58-59H,15-16,19H2,1-14H3. The van der Waals surface area contributed by atoms with E-state index in [0.717, 1.165) is 6.42 Å². The second-order valence-electron chi connectivity index (χ2n) is 19.2. The van der Waals surface area contributed by atoms with Crippen LogP contribution in [0.5, 0.6) is 0 Å². The molecule has 6 aromatic rings. The number of aryl methyl sites for hydroxylation is 12. The maximum absolute atomic E-state index is 7.38. The molecule has 320 valence electrons. The molecule has 6 aromatic carbocycles. The van der Waals surface area contributed by atoms with Gasteiger partial charge >= 0.3 is 0 Å². The highest BCUT2D eigenvalue weighted by Gasteiger charge is 2.63. The first kappa shape index (κ1) is 43.6. The van der Waals surface area contributed by atoms with Crippen molar-refractivity contribution in [3.8, 4) is 44.5 Å². The van der Waals surface area contributed by atoms with Gasteiger partial charge in [0.2, 0.25) is 0 Å². The summed E-state index contributed by atoms with van der Waals surface area (Å²) in [6, 6.07) is 33.6. The smallest absolute Gasteiger partial charge is 0.182 e. The zero-order valence-corrected chi connectivity index (χ0v) is 40.0.